The van der Waals surface area contributed by atoms with Crippen LogP contribution in [0.5, 0.6) is 5.75 Å². The van der Waals surface area contributed by atoms with Gasteiger partial charge in [0.1, 0.15) is 5.75 Å². The first kappa shape index (κ1) is 24.9. The Morgan fingerprint density at radius 1 is 0.968 bits per heavy atom. The van der Waals surface area contributed by atoms with Gasteiger partial charge < -0.3 is 4.74 Å². The van der Waals surface area contributed by atoms with Gasteiger partial charge in [0.2, 0.25) is 0 Å². The molecule has 31 heavy (non-hydrogen) atoms. The second-order valence-corrected chi connectivity index (χ2v) is 10.6. The molecule has 0 saturated heterocycles. The molecule has 2 aromatic carbocycles. The lowest BCUT2D eigenvalue weighted by Crippen LogP contribution is -2.25. The van der Waals surface area contributed by atoms with Gasteiger partial charge in [0, 0.05) is 11.1 Å². The van der Waals surface area contributed by atoms with Crippen LogP contribution in [0.15, 0.2) is 48.5 Å². The predicted octanol–water partition coefficient (Wildman–Crippen LogP) is 8.02. The molecule has 2 nitrogen and oxygen atoms in total. The number of unbranched alkanes of at least 4 members (excludes halogenated alkanes) is 1. The molecule has 2 heteroatoms. The number of carbonyl (C=O) groups excluding carboxylic acids is 1. The highest BCUT2D eigenvalue weighted by atomic mass is 16.5. The van der Waals surface area contributed by atoms with Crippen LogP contribution in [0.2, 0.25) is 0 Å². The van der Waals surface area contributed by atoms with Crippen LogP contribution < -0.4 is 4.74 Å². The van der Waals surface area contributed by atoms with Gasteiger partial charge in [-0.05, 0) is 29.7 Å². The van der Waals surface area contributed by atoms with E-state index in [0.29, 0.717) is 0 Å². The first-order valence-electron chi connectivity index (χ1n) is 11.5. The summed E-state index contributed by atoms with van der Waals surface area (Å²) in [6.07, 6.45) is 6.88. The van der Waals surface area contributed by atoms with Crippen molar-refractivity contribution in [3.05, 3.63) is 70.8 Å². The number of benzene rings is 2. The Morgan fingerprint density at radius 3 is 2.00 bits per heavy atom. The van der Waals surface area contributed by atoms with Gasteiger partial charge in [0.25, 0.3) is 0 Å². The van der Waals surface area contributed by atoms with Crippen LogP contribution in [0.4, 0.5) is 0 Å². The van der Waals surface area contributed by atoms with Crippen molar-refractivity contribution < 1.29 is 9.53 Å². The lowest BCUT2D eigenvalue weighted by Gasteiger charge is -2.30. The van der Waals surface area contributed by atoms with E-state index in [2.05, 4.69) is 67.5 Å². The van der Waals surface area contributed by atoms with E-state index in [1.165, 1.54) is 5.56 Å². The van der Waals surface area contributed by atoms with Crippen molar-refractivity contribution in [1.82, 2.24) is 0 Å². The van der Waals surface area contributed by atoms with Crippen LogP contribution in [0.3, 0.4) is 0 Å². The number of aryl methyl sites for hydroxylation is 1. The summed E-state index contributed by atoms with van der Waals surface area (Å²) in [6.45, 7) is 17.3. The minimum atomic E-state index is -0.262. The van der Waals surface area contributed by atoms with Crippen LogP contribution in [0.1, 0.15) is 90.0 Å². The number of rotatable bonds is 7. The molecule has 0 saturated carbocycles. The maximum absolute atomic E-state index is 13.4. The van der Waals surface area contributed by atoms with E-state index in [0.717, 1.165) is 41.7 Å². The zero-order valence-corrected chi connectivity index (χ0v) is 20.7. The molecule has 0 aromatic heterocycles. The van der Waals surface area contributed by atoms with Gasteiger partial charge in [-0.3, -0.25) is 4.79 Å². The first-order valence-corrected chi connectivity index (χ1v) is 11.5. The summed E-state index contributed by atoms with van der Waals surface area (Å²) in [4.78, 5) is 13.4. The number of esters is 1. The maximum atomic E-state index is 13.4. The molecule has 2 rings (SSSR count). The molecule has 0 fully saturated rings. The van der Waals surface area contributed by atoms with Crippen LogP contribution in [-0.2, 0) is 15.6 Å². The van der Waals surface area contributed by atoms with E-state index >= 15 is 0 Å². The minimum absolute atomic E-state index is 0.125. The molecule has 0 amide bonds. The molecule has 0 bridgehead atoms. The van der Waals surface area contributed by atoms with Gasteiger partial charge in [-0.1, -0.05) is 121 Å². The van der Waals surface area contributed by atoms with E-state index in [4.69, 9.17) is 4.74 Å². The second kappa shape index (κ2) is 10.3. The molecule has 0 N–H and O–H groups in total. The van der Waals surface area contributed by atoms with Crippen molar-refractivity contribution >= 4 is 12.0 Å². The van der Waals surface area contributed by atoms with Gasteiger partial charge >= 0.3 is 5.97 Å². The molecular formula is C29H40O2. The third-order valence-electron chi connectivity index (χ3n) is 5.54. The van der Waals surface area contributed by atoms with Crippen molar-refractivity contribution in [1.29, 1.82) is 0 Å². The van der Waals surface area contributed by atoms with Crippen LogP contribution >= 0.6 is 0 Å². The molecule has 0 radical (unpaired) electrons. The number of hydrogen-bond donors (Lipinski definition) is 0. The van der Waals surface area contributed by atoms with Crippen molar-refractivity contribution in [2.24, 2.45) is 5.92 Å². The SMILES string of the molecule is CCCC[C@@H](/C=C\c1ccccc1)C(=O)Oc1c(C(C)(C)C)cc(C)cc1C(C)(C)C. The Balaban J connectivity index is 2.45. The molecule has 0 aliphatic heterocycles. The largest absolute Gasteiger partial charge is 0.425 e. The minimum Gasteiger partial charge on any atom is -0.425 e. The van der Waals surface area contributed by atoms with Crippen LogP contribution in [0, 0.1) is 12.8 Å². The lowest BCUT2D eigenvalue weighted by atomic mass is 9.78. The predicted molar refractivity (Wildman–Crippen MR) is 133 cm³/mol. The number of ether oxygens (including phenoxy) is 1. The van der Waals surface area contributed by atoms with E-state index in [-0.39, 0.29) is 22.7 Å². The summed E-state index contributed by atoms with van der Waals surface area (Å²) in [5, 5.41) is 0. The topological polar surface area (TPSA) is 26.3 Å². The molecule has 0 aliphatic carbocycles. The average molecular weight is 421 g/mol. The van der Waals surface area contributed by atoms with Crippen LogP contribution in [0.25, 0.3) is 6.08 Å². The first-order chi connectivity index (χ1) is 14.4. The number of hydrogen-bond acceptors (Lipinski definition) is 2. The van der Waals surface area contributed by atoms with Gasteiger partial charge in [-0.2, -0.15) is 0 Å². The Morgan fingerprint density at radius 2 is 1.52 bits per heavy atom. The lowest BCUT2D eigenvalue weighted by molar-refractivity contribution is -0.137. The quantitative estimate of drug-likeness (QED) is 0.335. The van der Waals surface area contributed by atoms with Crippen molar-refractivity contribution in [2.45, 2.75) is 85.5 Å². The molecule has 0 spiro atoms. The molecule has 168 valence electrons. The average Bonchev–Trinajstić information content (AvgIpc) is 2.68. The van der Waals surface area contributed by atoms with Crippen LogP contribution in [-0.4, -0.2) is 5.97 Å². The van der Waals surface area contributed by atoms with Crippen molar-refractivity contribution in [3.8, 4) is 5.75 Å². The summed E-state index contributed by atoms with van der Waals surface area (Å²) in [6, 6.07) is 14.5. The fourth-order valence-corrected chi connectivity index (χ4v) is 3.68. The standard InChI is InChI=1S/C29H40O2/c1-9-10-16-23(18-17-22-14-12-11-13-15-22)27(30)31-26-24(28(3,4)5)19-21(2)20-25(26)29(6,7)8/h11-15,17-20,23H,9-10,16H2,1-8H3/b18-17-/t23-/m0/s1. The van der Waals surface area contributed by atoms with Crippen molar-refractivity contribution in [2.75, 3.05) is 0 Å². The summed E-state index contributed by atoms with van der Waals surface area (Å²) in [7, 11) is 0. The smallest absolute Gasteiger partial charge is 0.318 e. The molecule has 2 aromatic rings. The van der Waals surface area contributed by atoms with E-state index in [9.17, 15) is 4.79 Å². The van der Waals surface area contributed by atoms with E-state index < -0.39 is 0 Å². The van der Waals surface area contributed by atoms with Gasteiger partial charge in [0.05, 0.1) is 5.92 Å². The molecule has 0 aliphatic rings. The van der Waals surface area contributed by atoms with Gasteiger partial charge in [0.15, 0.2) is 0 Å². The summed E-state index contributed by atoms with van der Waals surface area (Å²) in [5.41, 5.74) is 4.22. The Hall–Kier alpha value is -2.35. The van der Waals surface area contributed by atoms with E-state index in [1.807, 2.05) is 42.5 Å². The zero-order chi connectivity index (χ0) is 23.2. The molecule has 0 unspecified atom stereocenters. The van der Waals surface area contributed by atoms with Gasteiger partial charge in [-0.25, -0.2) is 0 Å². The summed E-state index contributed by atoms with van der Waals surface area (Å²) >= 11 is 0. The Kier molecular flexibility index (Phi) is 8.28. The maximum Gasteiger partial charge on any atom is 0.318 e. The second-order valence-electron chi connectivity index (χ2n) is 10.6. The molecule has 1 atom stereocenters. The fraction of sp³-hybridized carbons (Fsp3) is 0.483. The van der Waals surface area contributed by atoms with E-state index in [1.54, 1.807) is 0 Å². The normalized spacial score (nSPS) is 13.4. The third-order valence-corrected chi connectivity index (χ3v) is 5.54. The van der Waals surface area contributed by atoms with Crippen molar-refractivity contribution in [3.63, 3.8) is 0 Å². The Bertz CT molecular complexity index is 858. The Labute approximate surface area is 189 Å². The summed E-state index contributed by atoms with van der Waals surface area (Å²) < 4.78 is 6.24. The van der Waals surface area contributed by atoms with Gasteiger partial charge in [-0.15, -0.1) is 0 Å². The molecular weight excluding hydrogens is 380 g/mol. The highest BCUT2D eigenvalue weighted by Gasteiger charge is 2.30. The number of carbonyl (C=O) groups is 1. The molecule has 0 heterocycles. The zero-order valence-electron chi connectivity index (χ0n) is 20.7. The monoisotopic (exact) mass is 420 g/mol. The fourth-order valence-electron chi connectivity index (χ4n) is 3.68. The highest BCUT2D eigenvalue weighted by molar-refractivity contribution is 5.79. The third kappa shape index (κ3) is 7.09. The summed E-state index contributed by atoms with van der Waals surface area (Å²) in [5.74, 6) is 0.313. The highest BCUT2D eigenvalue weighted by Crippen LogP contribution is 2.41.